The molecular formula is C12H16F3NO2S2. The molecule has 1 aromatic rings. The van der Waals surface area contributed by atoms with Gasteiger partial charge in [0.1, 0.15) is 0 Å². The molecule has 1 atom stereocenters. The Morgan fingerprint density at radius 3 is 2.25 bits per heavy atom. The molecule has 1 aromatic carbocycles. The van der Waals surface area contributed by atoms with Crippen LogP contribution in [0.25, 0.3) is 0 Å². The topological polar surface area (TPSA) is 46.2 Å². The van der Waals surface area contributed by atoms with Crippen LogP contribution in [0.3, 0.4) is 0 Å². The SMILES string of the molecule is CSCC(C)CNc1ccc(S(=O)(=O)C(F)(F)F)cc1. The van der Waals surface area contributed by atoms with Crippen molar-refractivity contribution in [2.75, 3.05) is 23.9 Å². The molecule has 1 unspecified atom stereocenters. The van der Waals surface area contributed by atoms with Crippen molar-refractivity contribution in [3.8, 4) is 0 Å². The van der Waals surface area contributed by atoms with Gasteiger partial charge < -0.3 is 5.32 Å². The molecule has 0 spiro atoms. The highest BCUT2D eigenvalue weighted by molar-refractivity contribution is 7.98. The van der Waals surface area contributed by atoms with Crippen LogP contribution >= 0.6 is 11.8 Å². The summed E-state index contributed by atoms with van der Waals surface area (Å²) in [7, 11) is -5.26. The quantitative estimate of drug-likeness (QED) is 0.870. The van der Waals surface area contributed by atoms with Crippen molar-refractivity contribution in [2.45, 2.75) is 17.3 Å². The maximum atomic E-state index is 12.4. The molecule has 3 nitrogen and oxygen atoms in total. The third-order valence-electron chi connectivity index (χ3n) is 2.58. The van der Waals surface area contributed by atoms with Gasteiger partial charge in [-0.3, -0.25) is 0 Å². The first-order chi connectivity index (χ1) is 9.18. The Kier molecular flexibility index (Phi) is 5.76. The van der Waals surface area contributed by atoms with Crippen LogP contribution in [0, 0.1) is 5.92 Å². The van der Waals surface area contributed by atoms with Crippen molar-refractivity contribution in [3.05, 3.63) is 24.3 Å². The third-order valence-corrected chi connectivity index (χ3v) is 4.98. The predicted molar refractivity (Wildman–Crippen MR) is 75.7 cm³/mol. The fourth-order valence-corrected chi connectivity index (χ4v) is 2.97. The maximum absolute atomic E-state index is 12.4. The van der Waals surface area contributed by atoms with Crippen LogP contribution in [0.15, 0.2) is 29.2 Å². The molecule has 0 bridgehead atoms. The van der Waals surface area contributed by atoms with E-state index in [1.165, 1.54) is 12.1 Å². The van der Waals surface area contributed by atoms with E-state index in [-0.39, 0.29) is 0 Å². The summed E-state index contributed by atoms with van der Waals surface area (Å²) in [5.41, 5.74) is -4.67. The van der Waals surface area contributed by atoms with E-state index in [0.29, 0.717) is 18.2 Å². The zero-order chi connectivity index (χ0) is 15.4. The lowest BCUT2D eigenvalue weighted by Gasteiger charge is -2.13. The molecule has 0 aliphatic heterocycles. The van der Waals surface area contributed by atoms with Gasteiger partial charge in [0.25, 0.3) is 9.84 Å². The molecule has 0 aliphatic rings. The number of anilines is 1. The third kappa shape index (κ3) is 4.31. The Bertz CT molecular complexity index is 527. The van der Waals surface area contributed by atoms with Crippen LogP contribution < -0.4 is 5.32 Å². The molecule has 0 radical (unpaired) electrons. The number of alkyl halides is 3. The Morgan fingerprint density at radius 1 is 1.25 bits per heavy atom. The van der Waals surface area contributed by atoms with Crippen LogP contribution in [0.2, 0.25) is 0 Å². The lowest BCUT2D eigenvalue weighted by Crippen LogP contribution is -2.23. The lowest BCUT2D eigenvalue weighted by atomic mass is 10.2. The van der Waals surface area contributed by atoms with Gasteiger partial charge in [0.05, 0.1) is 4.90 Å². The number of benzene rings is 1. The summed E-state index contributed by atoms with van der Waals surface area (Å²) in [5, 5.41) is 3.06. The van der Waals surface area contributed by atoms with Gasteiger partial charge in [-0.15, -0.1) is 0 Å². The fourth-order valence-electron chi connectivity index (χ4n) is 1.52. The van der Waals surface area contributed by atoms with Gasteiger partial charge in [0.2, 0.25) is 0 Å². The first kappa shape index (κ1) is 17.2. The molecule has 0 saturated carbocycles. The van der Waals surface area contributed by atoms with Gasteiger partial charge in [-0.05, 0) is 42.2 Å². The summed E-state index contributed by atoms with van der Waals surface area (Å²) in [6.07, 6.45) is 1.99. The van der Waals surface area contributed by atoms with Crippen molar-refractivity contribution < 1.29 is 21.6 Å². The average molecular weight is 327 g/mol. The van der Waals surface area contributed by atoms with Crippen molar-refractivity contribution in [1.82, 2.24) is 0 Å². The highest BCUT2D eigenvalue weighted by atomic mass is 32.2. The van der Waals surface area contributed by atoms with E-state index in [9.17, 15) is 21.6 Å². The van der Waals surface area contributed by atoms with E-state index in [2.05, 4.69) is 5.32 Å². The minimum atomic E-state index is -5.27. The van der Waals surface area contributed by atoms with Gasteiger partial charge in [0, 0.05) is 12.2 Å². The first-order valence-electron chi connectivity index (χ1n) is 5.82. The van der Waals surface area contributed by atoms with E-state index < -0.39 is 20.2 Å². The highest BCUT2D eigenvalue weighted by Crippen LogP contribution is 2.30. The minimum Gasteiger partial charge on any atom is -0.385 e. The van der Waals surface area contributed by atoms with Crippen molar-refractivity contribution in [2.24, 2.45) is 5.92 Å². The zero-order valence-corrected chi connectivity index (χ0v) is 12.7. The molecule has 0 amide bonds. The molecule has 0 heterocycles. The normalized spacial score (nSPS) is 14.1. The second kappa shape index (κ2) is 6.71. The molecule has 8 heteroatoms. The second-order valence-corrected chi connectivity index (χ2v) is 7.27. The molecular weight excluding hydrogens is 311 g/mol. The largest absolute Gasteiger partial charge is 0.501 e. The van der Waals surface area contributed by atoms with Gasteiger partial charge >= 0.3 is 5.51 Å². The van der Waals surface area contributed by atoms with Gasteiger partial charge in [0.15, 0.2) is 0 Å². The van der Waals surface area contributed by atoms with Gasteiger partial charge in [-0.25, -0.2) is 8.42 Å². The Labute approximate surface area is 120 Å². The number of rotatable bonds is 6. The van der Waals surface area contributed by atoms with Gasteiger partial charge in [-0.1, -0.05) is 6.92 Å². The molecule has 0 fully saturated rings. The number of halogens is 3. The van der Waals surface area contributed by atoms with E-state index in [4.69, 9.17) is 0 Å². The second-order valence-electron chi connectivity index (χ2n) is 4.41. The summed E-state index contributed by atoms with van der Waals surface area (Å²) in [5.74, 6) is 1.37. The van der Waals surface area contributed by atoms with E-state index in [1.54, 1.807) is 11.8 Å². The number of hydrogen-bond donors (Lipinski definition) is 1. The molecule has 114 valence electrons. The van der Waals surface area contributed by atoms with Crippen LogP contribution in [-0.2, 0) is 9.84 Å². The van der Waals surface area contributed by atoms with Crippen molar-refractivity contribution in [1.29, 1.82) is 0 Å². The standard InChI is InChI=1S/C12H16F3NO2S2/c1-9(8-19-2)7-16-10-3-5-11(6-4-10)20(17,18)12(13,14)15/h3-6,9,16H,7-8H2,1-2H3. The summed E-state index contributed by atoms with van der Waals surface area (Å²) in [4.78, 5) is -0.743. The van der Waals surface area contributed by atoms with Crippen molar-refractivity contribution >= 4 is 27.3 Å². The van der Waals surface area contributed by atoms with E-state index in [1.807, 2.05) is 13.2 Å². The van der Waals surface area contributed by atoms with Crippen molar-refractivity contribution in [3.63, 3.8) is 0 Å². The molecule has 1 rings (SSSR count). The molecule has 0 aliphatic carbocycles. The molecule has 0 saturated heterocycles. The van der Waals surface area contributed by atoms with Gasteiger partial charge in [-0.2, -0.15) is 24.9 Å². The molecule has 0 aromatic heterocycles. The summed E-state index contributed by atoms with van der Waals surface area (Å²) >= 11 is 1.71. The molecule has 20 heavy (non-hydrogen) atoms. The monoisotopic (exact) mass is 327 g/mol. The highest BCUT2D eigenvalue weighted by Gasteiger charge is 2.46. The lowest BCUT2D eigenvalue weighted by molar-refractivity contribution is -0.0436. The number of hydrogen-bond acceptors (Lipinski definition) is 4. The first-order valence-corrected chi connectivity index (χ1v) is 8.70. The predicted octanol–water partition coefficient (Wildman–Crippen LogP) is 3.39. The number of thioether (sulfide) groups is 1. The summed E-state index contributed by atoms with van der Waals surface area (Å²) < 4.78 is 59.4. The zero-order valence-electron chi connectivity index (χ0n) is 11.1. The Balaban J connectivity index is 2.75. The fraction of sp³-hybridized carbons (Fsp3) is 0.500. The summed E-state index contributed by atoms with van der Waals surface area (Å²) in [6.45, 7) is 2.72. The van der Waals surface area contributed by atoms with E-state index >= 15 is 0 Å². The minimum absolute atomic E-state index is 0.406. The van der Waals surface area contributed by atoms with Crippen LogP contribution in [0.1, 0.15) is 6.92 Å². The average Bonchev–Trinajstić information content (AvgIpc) is 2.36. The van der Waals surface area contributed by atoms with E-state index in [0.717, 1.165) is 17.9 Å². The number of nitrogens with one attached hydrogen (secondary N) is 1. The Hall–Kier alpha value is -0.890. The van der Waals surface area contributed by atoms with Crippen LogP contribution in [0.5, 0.6) is 0 Å². The summed E-state index contributed by atoms with van der Waals surface area (Å²) in [6, 6.07) is 4.60. The number of sulfone groups is 1. The maximum Gasteiger partial charge on any atom is 0.501 e. The van der Waals surface area contributed by atoms with Crippen LogP contribution in [-0.4, -0.2) is 32.5 Å². The Morgan fingerprint density at radius 2 is 1.80 bits per heavy atom. The molecule has 1 N–H and O–H groups in total. The van der Waals surface area contributed by atoms with Crippen LogP contribution in [0.4, 0.5) is 18.9 Å². The smallest absolute Gasteiger partial charge is 0.385 e.